The van der Waals surface area contributed by atoms with Gasteiger partial charge in [0, 0.05) is 17.8 Å². The topological polar surface area (TPSA) is 98.3 Å². The maximum Gasteiger partial charge on any atom is 0.269 e. The number of rotatable bonds is 3. The first kappa shape index (κ1) is 15.1. The largest absolute Gasteiger partial charge is 0.324 e. The number of carbonyl (C=O) groups is 1. The van der Waals surface area contributed by atoms with Crippen LogP contribution in [0.15, 0.2) is 18.2 Å². The summed E-state index contributed by atoms with van der Waals surface area (Å²) in [6.45, 7) is 7.32. The Kier molecular flexibility index (Phi) is 4.26. The van der Waals surface area contributed by atoms with Crippen LogP contribution in [-0.2, 0) is 4.79 Å². The standard InChI is InChI=1S/C13H19N3O3/c1-8-7-9(16(18)19)5-6-10(8)15-12(17)11(14)13(2,3)4/h5-7,11H,14H2,1-4H3,(H,15,17)/t11-/m1/s1. The molecule has 0 aliphatic carbocycles. The molecule has 6 heteroatoms. The van der Waals surface area contributed by atoms with Gasteiger partial charge < -0.3 is 11.1 Å². The summed E-state index contributed by atoms with van der Waals surface area (Å²) >= 11 is 0. The van der Waals surface area contributed by atoms with Gasteiger partial charge in [-0.15, -0.1) is 0 Å². The Hall–Kier alpha value is -1.95. The first-order valence-corrected chi connectivity index (χ1v) is 5.94. The van der Waals surface area contributed by atoms with Crippen molar-refractivity contribution in [2.24, 2.45) is 11.1 Å². The third-order valence-corrected chi connectivity index (χ3v) is 2.89. The van der Waals surface area contributed by atoms with E-state index in [1.807, 2.05) is 20.8 Å². The van der Waals surface area contributed by atoms with Crippen molar-refractivity contribution in [1.82, 2.24) is 0 Å². The maximum atomic E-state index is 12.0. The van der Waals surface area contributed by atoms with Gasteiger partial charge in [-0.3, -0.25) is 14.9 Å². The lowest BCUT2D eigenvalue weighted by Gasteiger charge is -2.26. The highest BCUT2D eigenvalue weighted by Gasteiger charge is 2.27. The van der Waals surface area contributed by atoms with Gasteiger partial charge >= 0.3 is 0 Å². The normalized spacial score (nSPS) is 12.9. The van der Waals surface area contributed by atoms with Gasteiger partial charge in [0.25, 0.3) is 5.69 Å². The van der Waals surface area contributed by atoms with Gasteiger partial charge in [-0.1, -0.05) is 20.8 Å². The molecule has 0 fully saturated rings. The van der Waals surface area contributed by atoms with E-state index in [1.54, 1.807) is 6.92 Å². The predicted molar refractivity (Wildman–Crippen MR) is 73.9 cm³/mol. The Morgan fingerprint density at radius 3 is 2.42 bits per heavy atom. The van der Waals surface area contributed by atoms with Crippen LogP contribution >= 0.6 is 0 Å². The summed E-state index contributed by atoms with van der Waals surface area (Å²) in [4.78, 5) is 22.1. The molecule has 19 heavy (non-hydrogen) atoms. The predicted octanol–water partition coefficient (Wildman–Crippen LogP) is 2.22. The van der Waals surface area contributed by atoms with Crippen molar-refractivity contribution < 1.29 is 9.72 Å². The highest BCUT2D eigenvalue weighted by atomic mass is 16.6. The highest BCUT2D eigenvalue weighted by Crippen LogP contribution is 2.23. The van der Waals surface area contributed by atoms with Crippen LogP contribution in [0.3, 0.4) is 0 Å². The van der Waals surface area contributed by atoms with E-state index in [0.717, 1.165) is 0 Å². The Morgan fingerprint density at radius 1 is 1.42 bits per heavy atom. The number of hydrogen-bond acceptors (Lipinski definition) is 4. The molecule has 0 radical (unpaired) electrons. The number of hydrogen-bond donors (Lipinski definition) is 2. The lowest BCUT2D eigenvalue weighted by molar-refractivity contribution is -0.384. The number of nitrogens with zero attached hydrogens (tertiary/aromatic N) is 1. The number of nitrogens with two attached hydrogens (primary N) is 1. The van der Waals surface area contributed by atoms with Gasteiger partial charge in [0.15, 0.2) is 0 Å². The van der Waals surface area contributed by atoms with E-state index < -0.39 is 11.0 Å². The van der Waals surface area contributed by atoms with Crippen LogP contribution in [-0.4, -0.2) is 16.9 Å². The minimum atomic E-state index is -0.651. The smallest absolute Gasteiger partial charge is 0.269 e. The van der Waals surface area contributed by atoms with E-state index >= 15 is 0 Å². The molecule has 0 heterocycles. The molecule has 0 bridgehead atoms. The lowest BCUT2D eigenvalue weighted by Crippen LogP contribution is -2.45. The van der Waals surface area contributed by atoms with Crippen LogP contribution in [0.25, 0.3) is 0 Å². The first-order valence-electron chi connectivity index (χ1n) is 5.94. The molecule has 104 valence electrons. The zero-order valence-corrected chi connectivity index (χ0v) is 11.6. The van der Waals surface area contributed by atoms with Gasteiger partial charge in [-0.05, 0) is 24.0 Å². The van der Waals surface area contributed by atoms with Crippen molar-refractivity contribution in [3.05, 3.63) is 33.9 Å². The summed E-state index contributed by atoms with van der Waals surface area (Å²) in [6, 6.07) is 3.63. The average Bonchev–Trinajstić information content (AvgIpc) is 2.29. The molecule has 1 rings (SSSR count). The van der Waals surface area contributed by atoms with E-state index in [-0.39, 0.29) is 17.0 Å². The zero-order chi connectivity index (χ0) is 14.8. The van der Waals surface area contributed by atoms with E-state index in [1.165, 1.54) is 18.2 Å². The summed E-state index contributed by atoms with van der Waals surface area (Å²) in [7, 11) is 0. The number of benzene rings is 1. The molecule has 3 N–H and O–H groups in total. The molecule has 1 aromatic rings. The number of nitro groups is 1. The van der Waals surface area contributed by atoms with Gasteiger partial charge in [-0.2, -0.15) is 0 Å². The van der Waals surface area contributed by atoms with Gasteiger partial charge in [0.2, 0.25) is 5.91 Å². The van der Waals surface area contributed by atoms with E-state index in [0.29, 0.717) is 11.3 Å². The molecule has 0 saturated heterocycles. The molecule has 0 unspecified atom stereocenters. The fraction of sp³-hybridized carbons (Fsp3) is 0.462. The number of anilines is 1. The highest BCUT2D eigenvalue weighted by molar-refractivity contribution is 5.95. The quantitative estimate of drug-likeness (QED) is 0.646. The second kappa shape index (κ2) is 5.36. The fourth-order valence-electron chi connectivity index (χ4n) is 1.51. The number of amides is 1. The van der Waals surface area contributed by atoms with E-state index in [2.05, 4.69) is 5.32 Å². The molecular formula is C13H19N3O3. The van der Waals surface area contributed by atoms with Gasteiger partial charge in [0.1, 0.15) is 0 Å². The van der Waals surface area contributed by atoms with Gasteiger partial charge in [-0.25, -0.2) is 0 Å². The molecular weight excluding hydrogens is 246 g/mol. The summed E-state index contributed by atoms with van der Waals surface area (Å²) < 4.78 is 0. The first-order chi connectivity index (χ1) is 8.62. The van der Waals surface area contributed by atoms with Crippen LogP contribution in [0.1, 0.15) is 26.3 Å². The summed E-state index contributed by atoms with van der Waals surface area (Å²) in [5.74, 6) is -0.301. The summed E-state index contributed by atoms with van der Waals surface area (Å²) in [6.07, 6.45) is 0. The molecule has 0 aromatic heterocycles. The second-order valence-electron chi connectivity index (χ2n) is 5.59. The van der Waals surface area contributed by atoms with Crippen molar-refractivity contribution in [1.29, 1.82) is 0 Å². The SMILES string of the molecule is Cc1cc([N+](=O)[O-])ccc1NC(=O)[C@@H](N)C(C)(C)C. The molecule has 0 spiro atoms. The number of carbonyl (C=O) groups excluding carboxylic acids is 1. The van der Waals surface area contributed by atoms with Crippen LogP contribution in [0.4, 0.5) is 11.4 Å². The molecule has 1 atom stereocenters. The number of nitro benzene ring substituents is 1. The van der Waals surface area contributed by atoms with Crippen molar-refractivity contribution in [3.63, 3.8) is 0 Å². The van der Waals surface area contributed by atoms with Crippen molar-refractivity contribution >= 4 is 17.3 Å². The second-order valence-corrected chi connectivity index (χ2v) is 5.59. The summed E-state index contributed by atoms with van der Waals surface area (Å²) in [5, 5.41) is 13.3. The monoisotopic (exact) mass is 265 g/mol. The lowest BCUT2D eigenvalue weighted by atomic mass is 9.87. The number of nitrogens with one attached hydrogen (secondary N) is 1. The Morgan fingerprint density at radius 2 is 2.00 bits per heavy atom. The van der Waals surface area contributed by atoms with Crippen LogP contribution in [0, 0.1) is 22.5 Å². The molecule has 0 aliphatic heterocycles. The van der Waals surface area contributed by atoms with Crippen LogP contribution in [0.5, 0.6) is 0 Å². The third kappa shape index (κ3) is 3.75. The number of aryl methyl sites for hydroxylation is 1. The zero-order valence-electron chi connectivity index (χ0n) is 11.6. The average molecular weight is 265 g/mol. The van der Waals surface area contributed by atoms with Crippen LogP contribution < -0.4 is 11.1 Å². The molecule has 1 aromatic carbocycles. The number of non-ortho nitro benzene ring substituents is 1. The summed E-state index contributed by atoms with van der Waals surface area (Å²) in [5.41, 5.74) is 6.66. The Bertz CT molecular complexity index is 506. The molecule has 0 saturated carbocycles. The third-order valence-electron chi connectivity index (χ3n) is 2.89. The van der Waals surface area contributed by atoms with Crippen molar-refractivity contribution in [2.75, 3.05) is 5.32 Å². The minimum Gasteiger partial charge on any atom is -0.324 e. The molecule has 6 nitrogen and oxygen atoms in total. The van der Waals surface area contributed by atoms with Gasteiger partial charge in [0.05, 0.1) is 11.0 Å². The Balaban J connectivity index is 2.89. The van der Waals surface area contributed by atoms with E-state index in [9.17, 15) is 14.9 Å². The Labute approximate surface area is 112 Å². The van der Waals surface area contributed by atoms with E-state index in [4.69, 9.17) is 5.73 Å². The fourth-order valence-corrected chi connectivity index (χ4v) is 1.51. The maximum absolute atomic E-state index is 12.0. The minimum absolute atomic E-state index is 0.00406. The van der Waals surface area contributed by atoms with Crippen molar-refractivity contribution in [2.45, 2.75) is 33.7 Å². The molecule has 1 amide bonds. The van der Waals surface area contributed by atoms with Crippen LogP contribution in [0.2, 0.25) is 0 Å². The molecule has 0 aliphatic rings. The van der Waals surface area contributed by atoms with Crippen molar-refractivity contribution in [3.8, 4) is 0 Å².